The number of hydrogen-bond acceptors (Lipinski definition) is 5. The Morgan fingerprint density at radius 2 is 2.22 bits per heavy atom. The number of pyridine rings is 1. The van der Waals surface area contributed by atoms with Crippen molar-refractivity contribution >= 4 is 23.2 Å². The lowest BCUT2D eigenvalue weighted by molar-refractivity contribution is 0.0743. The van der Waals surface area contributed by atoms with Gasteiger partial charge in [-0.25, -0.2) is 14.3 Å². The summed E-state index contributed by atoms with van der Waals surface area (Å²) >= 11 is 5.95. The Morgan fingerprint density at radius 3 is 3.04 bits per heavy atom. The largest absolute Gasteiger partial charge is 0.470 e. The maximum atomic E-state index is 14.4. The van der Waals surface area contributed by atoms with Gasteiger partial charge in [0.25, 0.3) is 5.88 Å². The molecule has 0 bridgehead atoms. The summed E-state index contributed by atoms with van der Waals surface area (Å²) in [6.45, 7) is 0.568. The number of carbonyl (C=O) groups is 1. The molecule has 0 radical (unpaired) electrons. The Hall–Kier alpha value is -2.94. The van der Waals surface area contributed by atoms with Crippen LogP contribution < -0.4 is 4.74 Å². The molecule has 0 spiro atoms. The van der Waals surface area contributed by atoms with Gasteiger partial charge >= 0.3 is 6.09 Å². The van der Waals surface area contributed by atoms with E-state index in [1.165, 1.54) is 4.90 Å². The molecular weight excluding hydrogens is 377 g/mol. The highest BCUT2D eigenvalue weighted by Gasteiger charge is 2.27. The van der Waals surface area contributed by atoms with E-state index in [-0.39, 0.29) is 23.4 Å². The van der Waals surface area contributed by atoms with Crippen molar-refractivity contribution in [2.45, 2.75) is 18.9 Å². The van der Waals surface area contributed by atoms with Gasteiger partial charge in [0, 0.05) is 12.7 Å². The predicted octanol–water partition coefficient (Wildman–Crippen LogP) is 3.11. The van der Waals surface area contributed by atoms with Crippen LogP contribution in [0.15, 0.2) is 30.6 Å². The van der Waals surface area contributed by atoms with Gasteiger partial charge < -0.3 is 14.7 Å². The van der Waals surface area contributed by atoms with E-state index in [0.717, 1.165) is 5.52 Å². The van der Waals surface area contributed by atoms with Crippen LogP contribution in [0.5, 0.6) is 5.88 Å². The fourth-order valence-electron chi connectivity index (χ4n) is 3.07. The fourth-order valence-corrected chi connectivity index (χ4v) is 3.23. The minimum Gasteiger partial charge on any atom is -0.470 e. The monoisotopic (exact) mass is 391 g/mol. The van der Waals surface area contributed by atoms with E-state index in [9.17, 15) is 9.18 Å². The first kappa shape index (κ1) is 17.5. The van der Waals surface area contributed by atoms with Crippen LogP contribution in [0, 0.1) is 5.82 Å². The van der Waals surface area contributed by atoms with E-state index in [0.29, 0.717) is 24.9 Å². The molecule has 0 unspecified atom stereocenters. The van der Waals surface area contributed by atoms with Crippen LogP contribution in [-0.2, 0) is 0 Å². The molecule has 0 saturated carbocycles. The van der Waals surface area contributed by atoms with Gasteiger partial charge in [0.15, 0.2) is 11.0 Å². The van der Waals surface area contributed by atoms with Crippen molar-refractivity contribution in [3.8, 4) is 17.3 Å². The normalized spacial score (nSPS) is 17.3. The zero-order chi connectivity index (χ0) is 19.0. The van der Waals surface area contributed by atoms with Crippen LogP contribution in [0.2, 0.25) is 5.15 Å². The molecule has 140 valence electrons. The van der Waals surface area contributed by atoms with Gasteiger partial charge in [-0.15, -0.1) is 0 Å². The number of likely N-dealkylation sites (tertiary alicyclic amines) is 1. The van der Waals surface area contributed by atoms with E-state index >= 15 is 0 Å². The van der Waals surface area contributed by atoms with Crippen LogP contribution in [0.4, 0.5) is 9.18 Å². The van der Waals surface area contributed by atoms with Gasteiger partial charge in [-0.1, -0.05) is 17.7 Å². The van der Waals surface area contributed by atoms with E-state index in [2.05, 4.69) is 15.1 Å². The second-order valence-corrected chi connectivity index (χ2v) is 6.51. The lowest BCUT2D eigenvalue weighted by Gasteiger charge is -2.30. The summed E-state index contributed by atoms with van der Waals surface area (Å²) < 4.78 is 21.7. The van der Waals surface area contributed by atoms with Crippen molar-refractivity contribution in [3.63, 3.8) is 0 Å². The number of nitrogens with zero attached hydrogens (tertiary/aromatic N) is 5. The molecule has 0 aliphatic carbocycles. The van der Waals surface area contributed by atoms with Gasteiger partial charge in [0.1, 0.15) is 6.10 Å². The van der Waals surface area contributed by atoms with Gasteiger partial charge in [0.05, 0.1) is 23.8 Å². The predicted molar refractivity (Wildman–Crippen MR) is 94.4 cm³/mol. The maximum Gasteiger partial charge on any atom is 0.407 e. The van der Waals surface area contributed by atoms with Crippen molar-refractivity contribution in [1.29, 1.82) is 0 Å². The average molecular weight is 392 g/mol. The summed E-state index contributed by atoms with van der Waals surface area (Å²) in [4.78, 5) is 20.6. The van der Waals surface area contributed by atoms with E-state index in [4.69, 9.17) is 21.4 Å². The Kier molecular flexibility index (Phi) is 4.53. The number of hydrogen-bond donors (Lipinski definition) is 1. The number of amides is 1. The molecule has 1 N–H and O–H groups in total. The molecular formula is C17H15ClFN5O3. The van der Waals surface area contributed by atoms with Crippen molar-refractivity contribution in [1.82, 2.24) is 24.5 Å². The van der Waals surface area contributed by atoms with Gasteiger partial charge in [0.2, 0.25) is 5.82 Å². The van der Waals surface area contributed by atoms with Crippen molar-refractivity contribution < 1.29 is 19.0 Å². The van der Waals surface area contributed by atoms with E-state index in [1.807, 2.05) is 18.2 Å². The van der Waals surface area contributed by atoms with E-state index < -0.39 is 18.0 Å². The molecule has 1 saturated heterocycles. The highest BCUT2D eigenvalue weighted by Crippen LogP contribution is 2.29. The number of piperidine rings is 1. The van der Waals surface area contributed by atoms with Crippen LogP contribution in [-0.4, -0.2) is 54.9 Å². The zero-order valence-corrected chi connectivity index (χ0v) is 14.8. The number of aromatic nitrogens is 4. The second-order valence-electron chi connectivity index (χ2n) is 6.16. The third kappa shape index (κ3) is 3.37. The van der Waals surface area contributed by atoms with Gasteiger partial charge in [-0.2, -0.15) is 14.5 Å². The molecule has 1 aliphatic rings. The Balaban J connectivity index is 1.67. The fraction of sp³-hybridized carbons (Fsp3) is 0.294. The summed E-state index contributed by atoms with van der Waals surface area (Å²) in [5.41, 5.74) is 1.32. The molecule has 1 amide bonds. The molecule has 27 heavy (non-hydrogen) atoms. The van der Waals surface area contributed by atoms with Crippen LogP contribution in [0.25, 0.3) is 16.9 Å². The maximum absolute atomic E-state index is 14.4. The van der Waals surface area contributed by atoms with Gasteiger partial charge in [-0.3, -0.25) is 0 Å². The number of rotatable bonds is 3. The Morgan fingerprint density at radius 1 is 1.37 bits per heavy atom. The number of halogens is 2. The Labute approximate surface area is 158 Å². The number of ether oxygens (including phenoxy) is 1. The molecule has 4 rings (SSSR count). The quantitative estimate of drug-likeness (QED) is 0.689. The van der Waals surface area contributed by atoms with Crippen molar-refractivity contribution in [3.05, 3.63) is 41.6 Å². The minimum atomic E-state index is -1.03. The summed E-state index contributed by atoms with van der Waals surface area (Å²) in [7, 11) is 0. The van der Waals surface area contributed by atoms with Gasteiger partial charge in [-0.05, 0) is 25.0 Å². The lowest BCUT2D eigenvalue weighted by Crippen LogP contribution is -2.43. The summed E-state index contributed by atoms with van der Waals surface area (Å²) in [6, 6.07) is 5.50. The molecule has 10 heteroatoms. The molecule has 1 aliphatic heterocycles. The summed E-state index contributed by atoms with van der Waals surface area (Å²) in [6.07, 6.45) is 3.01. The Bertz CT molecular complexity index is 1010. The highest BCUT2D eigenvalue weighted by molar-refractivity contribution is 6.29. The summed E-state index contributed by atoms with van der Waals surface area (Å²) in [5, 5.41) is 13.0. The minimum absolute atomic E-state index is 0.141. The number of fused-ring (bicyclic) bond motifs is 1. The van der Waals surface area contributed by atoms with Crippen molar-refractivity contribution in [2.24, 2.45) is 0 Å². The second kappa shape index (κ2) is 6.99. The molecule has 3 aromatic rings. The standard InChI is InChI=1S/C17H15ClFN5O3/c18-14-13(19)16(27-10-4-3-6-23(9-10)17(25)26)22-15(21-14)11-8-20-24-7-2-1-5-12(11)24/h1-2,5,7-8,10H,3-4,6,9H2,(H,25,26)/t10-/m1/s1. The lowest BCUT2D eigenvalue weighted by atomic mass is 10.1. The summed E-state index contributed by atoms with van der Waals surface area (Å²) in [5.74, 6) is -0.981. The first-order valence-electron chi connectivity index (χ1n) is 8.33. The molecule has 1 fully saturated rings. The molecule has 1 atom stereocenters. The van der Waals surface area contributed by atoms with Crippen LogP contribution in [0.1, 0.15) is 12.8 Å². The smallest absolute Gasteiger partial charge is 0.407 e. The first-order valence-corrected chi connectivity index (χ1v) is 8.71. The van der Waals surface area contributed by atoms with Crippen LogP contribution >= 0.6 is 11.6 Å². The topological polar surface area (TPSA) is 92.8 Å². The first-order chi connectivity index (χ1) is 13.0. The zero-order valence-electron chi connectivity index (χ0n) is 14.0. The average Bonchev–Trinajstić information content (AvgIpc) is 3.09. The molecule has 0 aromatic carbocycles. The van der Waals surface area contributed by atoms with Crippen LogP contribution in [0.3, 0.4) is 0 Å². The SMILES string of the molecule is O=C(O)N1CCC[C@@H](Oc2nc(-c3cnn4ccccc34)nc(Cl)c2F)C1. The highest BCUT2D eigenvalue weighted by atomic mass is 35.5. The third-order valence-electron chi connectivity index (χ3n) is 4.37. The molecule has 4 heterocycles. The number of carboxylic acid groups (broad SMARTS) is 1. The third-order valence-corrected chi connectivity index (χ3v) is 4.63. The van der Waals surface area contributed by atoms with E-state index in [1.54, 1.807) is 16.9 Å². The molecule has 3 aromatic heterocycles. The molecule has 8 nitrogen and oxygen atoms in total. The van der Waals surface area contributed by atoms with Crippen molar-refractivity contribution in [2.75, 3.05) is 13.1 Å².